The number of likely N-dealkylation sites (tertiary alicyclic amines) is 1. The van der Waals surface area contributed by atoms with Gasteiger partial charge in [0, 0.05) is 51.7 Å². The van der Waals surface area contributed by atoms with Crippen LogP contribution in [-0.4, -0.2) is 92.0 Å². The van der Waals surface area contributed by atoms with E-state index in [0.717, 1.165) is 71.7 Å². The van der Waals surface area contributed by atoms with Gasteiger partial charge >= 0.3 is 6.09 Å². The van der Waals surface area contributed by atoms with Gasteiger partial charge in [-0.15, -0.1) is 0 Å². The van der Waals surface area contributed by atoms with Gasteiger partial charge in [0.05, 0.1) is 13.2 Å². The smallest absolute Gasteiger partial charge is 0.410 e. The largest absolute Gasteiger partial charge is 0.441 e. The Morgan fingerprint density at radius 1 is 1.31 bits per heavy atom. The highest BCUT2D eigenvalue weighted by Gasteiger charge is 2.47. The van der Waals surface area contributed by atoms with E-state index in [9.17, 15) is 4.79 Å². The number of hydrogen-bond donors (Lipinski definition) is 0. The zero-order valence-corrected chi connectivity index (χ0v) is 16.9. The van der Waals surface area contributed by atoms with Crippen molar-refractivity contribution in [3.8, 4) is 0 Å². The molecular formula is C20H37N3O3. The molecule has 26 heavy (non-hydrogen) atoms. The van der Waals surface area contributed by atoms with E-state index in [1.807, 2.05) is 4.90 Å². The second-order valence-corrected chi connectivity index (χ2v) is 8.89. The van der Waals surface area contributed by atoms with Crippen molar-refractivity contribution in [3.05, 3.63) is 0 Å². The fourth-order valence-corrected chi connectivity index (χ4v) is 4.68. The molecule has 0 radical (unpaired) electrons. The lowest BCUT2D eigenvalue weighted by Crippen LogP contribution is -2.52. The third-order valence-electron chi connectivity index (χ3n) is 6.05. The molecule has 1 atom stereocenters. The zero-order chi connectivity index (χ0) is 18.6. The van der Waals surface area contributed by atoms with E-state index < -0.39 is 0 Å². The van der Waals surface area contributed by atoms with Gasteiger partial charge in [-0.1, -0.05) is 13.8 Å². The SMILES string of the molecule is CC(C)CN(C)CCCN1CC2(CCN([C@@H]3CCCOC3)CC2)OC1=O. The molecule has 3 saturated heterocycles. The lowest BCUT2D eigenvalue weighted by molar-refractivity contribution is -0.0389. The molecule has 0 N–H and O–H groups in total. The molecule has 150 valence electrons. The van der Waals surface area contributed by atoms with E-state index in [1.165, 1.54) is 12.8 Å². The first-order valence-electron chi connectivity index (χ1n) is 10.5. The molecule has 6 heteroatoms. The molecule has 3 rings (SSSR count). The molecule has 1 spiro atoms. The van der Waals surface area contributed by atoms with Gasteiger partial charge in [-0.3, -0.25) is 4.90 Å². The highest BCUT2D eigenvalue weighted by Crippen LogP contribution is 2.34. The van der Waals surface area contributed by atoms with Crippen LogP contribution >= 0.6 is 0 Å². The van der Waals surface area contributed by atoms with Crippen LogP contribution in [0.25, 0.3) is 0 Å². The van der Waals surface area contributed by atoms with Crippen LogP contribution in [0.1, 0.15) is 46.0 Å². The molecule has 3 heterocycles. The number of carbonyl (C=O) groups is 1. The quantitative estimate of drug-likeness (QED) is 0.692. The van der Waals surface area contributed by atoms with Gasteiger partial charge in [0.2, 0.25) is 0 Å². The van der Waals surface area contributed by atoms with E-state index in [2.05, 4.69) is 30.7 Å². The first-order chi connectivity index (χ1) is 12.5. The van der Waals surface area contributed by atoms with Gasteiger partial charge < -0.3 is 19.3 Å². The summed E-state index contributed by atoms with van der Waals surface area (Å²) in [6.07, 6.45) is 5.23. The van der Waals surface area contributed by atoms with Crippen LogP contribution < -0.4 is 0 Å². The summed E-state index contributed by atoms with van der Waals surface area (Å²) in [5.41, 5.74) is -0.243. The summed E-state index contributed by atoms with van der Waals surface area (Å²) >= 11 is 0. The summed E-state index contributed by atoms with van der Waals surface area (Å²) in [6, 6.07) is 0.561. The molecule has 0 aromatic rings. The lowest BCUT2D eigenvalue weighted by atomic mass is 9.90. The van der Waals surface area contributed by atoms with Crippen LogP contribution in [0, 0.1) is 5.92 Å². The Morgan fingerprint density at radius 2 is 2.08 bits per heavy atom. The van der Waals surface area contributed by atoms with Crippen molar-refractivity contribution in [3.63, 3.8) is 0 Å². The first-order valence-corrected chi connectivity index (χ1v) is 10.5. The number of rotatable bonds is 7. The van der Waals surface area contributed by atoms with E-state index in [-0.39, 0.29) is 11.7 Å². The number of nitrogens with zero attached hydrogens (tertiary/aromatic N) is 3. The summed E-state index contributed by atoms with van der Waals surface area (Å²) in [4.78, 5) is 19.2. The Balaban J connectivity index is 1.41. The maximum absolute atomic E-state index is 12.3. The van der Waals surface area contributed by atoms with E-state index in [1.54, 1.807) is 0 Å². The number of hydrogen-bond acceptors (Lipinski definition) is 5. The predicted molar refractivity (Wildman–Crippen MR) is 102 cm³/mol. The summed E-state index contributed by atoms with van der Waals surface area (Å²) in [5.74, 6) is 0.680. The molecule has 3 fully saturated rings. The lowest BCUT2D eigenvalue weighted by Gasteiger charge is -2.42. The number of ether oxygens (including phenoxy) is 2. The second-order valence-electron chi connectivity index (χ2n) is 8.89. The van der Waals surface area contributed by atoms with Crippen molar-refractivity contribution >= 4 is 6.09 Å². The van der Waals surface area contributed by atoms with Crippen molar-refractivity contribution < 1.29 is 14.3 Å². The van der Waals surface area contributed by atoms with Crippen molar-refractivity contribution in [2.75, 3.05) is 59.5 Å². The summed E-state index contributed by atoms with van der Waals surface area (Å²) in [6.45, 7) is 12.0. The summed E-state index contributed by atoms with van der Waals surface area (Å²) in [7, 11) is 2.16. The average Bonchev–Trinajstić information content (AvgIpc) is 2.91. The topological polar surface area (TPSA) is 45.2 Å². The van der Waals surface area contributed by atoms with Gasteiger partial charge in [0.1, 0.15) is 5.60 Å². The van der Waals surface area contributed by atoms with Gasteiger partial charge in [-0.05, 0) is 38.8 Å². The molecule has 0 saturated carbocycles. The second kappa shape index (κ2) is 8.89. The van der Waals surface area contributed by atoms with Crippen LogP contribution in [0.15, 0.2) is 0 Å². The van der Waals surface area contributed by atoms with Gasteiger partial charge in [-0.2, -0.15) is 0 Å². The standard InChI is InChI=1S/C20H37N3O3/c1-17(2)14-21(3)9-5-10-23-16-20(26-19(23)24)7-11-22(12-8-20)18-6-4-13-25-15-18/h17-18H,4-16H2,1-3H3/t18-/m1/s1. The monoisotopic (exact) mass is 367 g/mol. The Hall–Kier alpha value is -0.850. The Bertz CT molecular complexity index is 457. The maximum atomic E-state index is 12.3. The molecule has 0 aromatic heterocycles. The van der Waals surface area contributed by atoms with Gasteiger partial charge in [0.25, 0.3) is 0 Å². The highest BCUT2D eigenvalue weighted by atomic mass is 16.6. The Morgan fingerprint density at radius 3 is 2.73 bits per heavy atom. The van der Waals surface area contributed by atoms with Crippen molar-refractivity contribution in [1.82, 2.24) is 14.7 Å². The minimum atomic E-state index is -0.243. The summed E-state index contributed by atoms with van der Waals surface area (Å²) < 4.78 is 11.5. The van der Waals surface area contributed by atoms with E-state index in [0.29, 0.717) is 12.0 Å². The molecule has 0 bridgehead atoms. The number of carbonyl (C=O) groups excluding carboxylic acids is 1. The first kappa shape index (κ1) is 19.9. The normalized spacial score (nSPS) is 26.9. The van der Waals surface area contributed by atoms with Crippen LogP contribution in [-0.2, 0) is 9.47 Å². The fraction of sp³-hybridized carbons (Fsp3) is 0.950. The minimum Gasteiger partial charge on any atom is -0.441 e. The molecule has 0 unspecified atom stereocenters. The van der Waals surface area contributed by atoms with Gasteiger partial charge in [-0.25, -0.2) is 4.79 Å². The minimum absolute atomic E-state index is 0.106. The molecule has 0 aromatic carbocycles. The molecule has 6 nitrogen and oxygen atoms in total. The Labute approximate surface area is 158 Å². The zero-order valence-electron chi connectivity index (χ0n) is 16.9. The van der Waals surface area contributed by atoms with Crippen LogP contribution in [0.2, 0.25) is 0 Å². The highest BCUT2D eigenvalue weighted by molar-refractivity contribution is 5.70. The molecule has 0 aliphatic carbocycles. The maximum Gasteiger partial charge on any atom is 0.410 e. The van der Waals surface area contributed by atoms with Crippen molar-refractivity contribution in [1.29, 1.82) is 0 Å². The molecule has 1 amide bonds. The molecule has 3 aliphatic rings. The van der Waals surface area contributed by atoms with E-state index in [4.69, 9.17) is 9.47 Å². The Kier molecular flexibility index (Phi) is 6.81. The molecule has 3 aliphatic heterocycles. The van der Waals surface area contributed by atoms with Crippen molar-refractivity contribution in [2.24, 2.45) is 5.92 Å². The van der Waals surface area contributed by atoms with Crippen LogP contribution in [0.3, 0.4) is 0 Å². The van der Waals surface area contributed by atoms with Crippen LogP contribution in [0.4, 0.5) is 4.79 Å². The third-order valence-corrected chi connectivity index (χ3v) is 6.05. The average molecular weight is 368 g/mol. The van der Waals surface area contributed by atoms with Crippen LogP contribution in [0.5, 0.6) is 0 Å². The van der Waals surface area contributed by atoms with Gasteiger partial charge in [0.15, 0.2) is 0 Å². The third kappa shape index (κ3) is 5.11. The van der Waals surface area contributed by atoms with Crippen molar-refractivity contribution in [2.45, 2.75) is 57.6 Å². The fourth-order valence-electron chi connectivity index (χ4n) is 4.68. The molecular weight excluding hydrogens is 330 g/mol. The summed E-state index contributed by atoms with van der Waals surface area (Å²) in [5, 5.41) is 0. The number of amides is 1. The number of piperidine rings is 1. The van der Waals surface area contributed by atoms with E-state index >= 15 is 0 Å². The predicted octanol–water partition coefficient (Wildman–Crippen LogP) is 2.43.